The Hall–Kier alpha value is -0.340. The molecular weight excluding hydrogens is 839 g/mol. The normalized spacial score (nSPS) is 20.6. The SMILES string of the molecule is CC(C)(C)C1CCOC1.CC(C)(C)C1CCOCC1.CC(C)(C)CC(F)F.CC(C)(C)CC1CC1.CC(C)(C)CC1CCCO1.CC(C)(C)CCOCC1CC1.COCCCCCC(C)(C)C. The molecule has 5 fully saturated rings. The van der Waals surface area contributed by atoms with Gasteiger partial charge < -0.3 is 23.7 Å². The van der Waals surface area contributed by atoms with Gasteiger partial charge in [-0.15, -0.1) is 0 Å². The molecule has 0 aromatic carbocycles. The molecule has 406 valence electrons. The summed E-state index contributed by atoms with van der Waals surface area (Å²) in [5.41, 5.74) is 2.68. The van der Waals surface area contributed by atoms with Gasteiger partial charge in [0.15, 0.2) is 0 Å². The van der Waals surface area contributed by atoms with Crippen molar-refractivity contribution < 1.29 is 32.5 Å². The van der Waals surface area contributed by atoms with Crippen LogP contribution in [-0.4, -0.2) is 72.5 Å². The summed E-state index contributed by atoms with van der Waals surface area (Å²) in [5.74, 6) is 3.67. The van der Waals surface area contributed by atoms with Crippen LogP contribution in [0.4, 0.5) is 8.78 Å². The van der Waals surface area contributed by atoms with Crippen LogP contribution in [0.15, 0.2) is 0 Å². The Morgan fingerprint density at radius 3 is 1.27 bits per heavy atom. The third kappa shape index (κ3) is 53.3. The minimum Gasteiger partial charge on any atom is -0.385 e. The first kappa shape index (κ1) is 68.7. The van der Waals surface area contributed by atoms with Crippen LogP contribution in [0.5, 0.6) is 0 Å². The summed E-state index contributed by atoms with van der Waals surface area (Å²) in [7, 11) is 1.77. The quantitative estimate of drug-likeness (QED) is 0.182. The fourth-order valence-corrected chi connectivity index (χ4v) is 7.91. The fourth-order valence-electron chi connectivity index (χ4n) is 7.91. The molecule has 3 aliphatic heterocycles. The van der Waals surface area contributed by atoms with Gasteiger partial charge in [0, 0.05) is 66.4 Å². The second-order valence-electron chi connectivity index (χ2n) is 29.1. The van der Waals surface area contributed by atoms with Crippen LogP contribution in [0.1, 0.15) is 255 Å². The van der Waals surface area contributed by atoms with Gasteiger partial charge in [0.1, 0.15) is 0 Å². The first-order valence-electron chi connectivity index (χ1n) is 27.5. The van der Waals surface area contributed by atoms with Gasteiger partial charge in [-0.25, -0.2) is 8.78 Å². The van der Waals surface area contributed by atoms with Crippen LogP contribution >= 0.6 is 0 Å². The monoisotopic (exact) mass is 961 g/mol. The summed E-state index contributed by atoms with van der Waals surface area (Å²) < 4.78 is 49.7. The molecule has 67 heavy (non-hydrogen) atoms. The Kier molecular flexibility index (Phi) is 35.0. The molecule has 0 bridgehead atoms. The van der Waals surface area contributed by atoms with E-state index in [4.69, 9.17) is 23.7 Å². The molecule has 2 atom stereocenters. The Labute approximate surface area is 419 Å². The molecular formula is C60H122F2O5. The van der Waals surface area contributed by atoms with Gasteiger partial charge >= 0.3 is 0 Å². The average molecular weight is 962 g/mol. The van der Waals surface area contributed by atoms with Gasteiger partial charge in [-0.3, -0.25) is 0 Å². The highest BCUT2D eigenvalue weighted by Crippen LogP contribution is 2.40. The Morgan fingerprint density at radius 2 is 0.970 bits per heavy atom. The molecule has 0 aromatic heterocycles. The maximum atomic E-state index is 11.5. The van der Waals surface area contributed by atoms with Crippen molar-refractivity contribution in [1.82, 2.24) is 0 Å². The van der Waals surface area contributed by atoms with E-state index in [0.29, 0.717) is 38.6 Å². The summed E-state index contributed by atoms with van der Waals surface area (Å²) in [6, 6.07) is 0. The highest BCUT2D eigenvalue weighted by Gasteiger charge is 2.29. The lowest BCUT2D eigenvalue weighted by molar-refractivity contribution is 0.0286. The number of hydrogen-bond acceptors (Lipinski definition) is 5. The number of ether oxygens (including phenoxy) is 5. The smallest absolute Gasteiger partial charge is 0.239 e. The Bertz CT molecular complexity index is 1100. The first-order chi connectivity index (χ1) is 30.4. The molecule has 5 rings (SSSR count). The van der Waals surface area contributed by atoms with Crippen LogP contribution in [0.25, 0.3) is 0 Å². The predicted molar refractivity (Wildman–Crippen MR) is 289 cm³/mol. The van der Waals surface area contributed by atoms with Crippen molar-refractivity contribution in [3.05, 3.63) is 0 Å². The van der Waals surface area contributed by atoms with E-state index in [9.17, 15) is 8.78 Å². The Balaban J connectivity index is 0. The second-order valence-corrected chi connectivity index (χ2v) is 29.1. The van der Waals surface area contributed by atoms with E-state index in [1.54, 1.807) is 27.9 Å². The lowest BCUT2D eigenvalue weighted by atomic mass is 9.76. The zero-order valence-electron chi connectivity index (χ0n) is 49.4. The zero-order valence-corrected chi connectivity index (χ0v) is 49.4. The van der Waals surface area contributed by atoms with E-state index < -0.39 is 6.43 Å². The van der Waals surface area contributed by atoms with Gasteiger partial charge in [-0.05, 0) is 139 Å². The number of unbranched alkanes of at least 4 members (excludes halogenated alkanes) is 2. The zero-order chi connectivity index (χ0) is 52.2. The summed E-state index contributed by atoms with van der Waals surface area (Å²) in [4.78, 5) is 0. The molecule has 0 radical (unpaired) electrons. The third-order valence-electron chi connectivity index (χ3n) is 12.7. The van der Waals surface area contributed by atoms with Crippen molar-refractivity contribution >= 4 is 0 Å². The fraction of sp³-hybridized carbons (Fsp3) is 1.00. The van der Waals surface area contributed by atoms with Gasteiger partial charge in [0.05, 0.1) is 6.10 Å². The van der Waals surface area contributed by atoms with E-state index in [-0.39, 0.29) is 11.8 Å². The molecule has 7 heteroatoms. The topological polar surface area (TPSA) is 46.2 Å². The lowest BCUT2D eigenvalue weighted by Crippen LogP contribution is -2.27. The summed E-state index contributed by atoms with van der Waals surface area (Å²) in [6.45, 7) is 54.4. The van der Waals surface area contributed by atoms with Crippen LogP contribution < -0.4 is 0 Å². The molecule has 2 aliphatic carbocycles. The highest BCUT2D eigenvalue weighted by molar-refractivity contribution is 4.79. The van der Waals surface area contributed by atoms with Crippen molar-refractivity contribution in [3.63, 3.8) is 0 Å². The average Bonchev–Trinajstić information content (AvgIpc) is 4.01. The predicted octanol–water partition coefficient (Wildman–Crippen LogP) is 18.7. The number of hydrogen-bond donors (Lipinski definition) is 0. The molecule has 0 N–H and O–H groups in total. The molecule has 0 amide bonds. The first-order valence-corrected chi connectivity index (χ1v) is 27.5. The summed E-state index contributed by atoms with van der Waals surface area (Å²) in [5, 5.41) is 0. The van der Waals surface area contributed by atoms with E-state index in [0.717, 1.165) is 76.5 Å². The largest absolute Gasteiger partial charge is 0.385 e. The molecule has 5 aliphatic rings. The van der Waals surface area contributed by atoms with Gasteiger partial charge in [0.25, 0.3) is 0 Å². The Morgan fingerprint density at radius 1 is 0.478 bits per heavy atom. The maximum Gasteiger partial charge on any atom is 0.239 e. The van der Waals surface area contributed by atoms with E-state index in [2.05, 4.69) is 125 Å². The number of rotatable bonds is 12. The minimum atomic E-state index is -2.16. The molecule has 3 heterocycles. The van der Waals surface area contributed by atoms with Crippen molar-refractivity contribution in [2.45, 2.75) is 267 Å². The van der Waals surface area contributed by atoms with Crippen LogP contribution in [-0.2, 0) is 23.7 Å². The molecule has 2 saturated carbocycles. The van der Waals surface area contributed by atoms with E-state index in [1.807, 2.05) is 0 Å². The minimum absolute atomic E-state index is 0.00694. The van der Waals surface area contributed by atoms with Crippen molar-refractivity contribution in [2.75, 3.05) is 60.0 Å². The van der Waals surface area contributed by atoms with Crippen molar-refractivity contribution in [3.8, 4) is 0 Å². The summed E-state index contributed by atoms with van der Waals surface area (Å²) >= 11 is 0. The highest BCUT2D eigenvalue weighted by atomic mass is 19.3. The molecule has 0 aromatic rings. The van der Waals surface area contributed by atoms with E-state index >= 15 is 0 Å². The number of alkyl halides is 2. The van der Waals surface area contributed by atoms with E-state index in [1.165, 1.54) is 103 Å². The van der Waals surface area contributed by atoms with Crippen molar-refractivity contribution in [1.29, 1.82) is 0 Å². The molecule has 3 saturated heterocycles. The summed E-state index contributed by atoms with van der Waals surface area (Å²) in [6.07, 6.45) is 19.5. The molecule has 2 unspecified atom stereocenters. The number of methoxy groups -OCH3 is 1. The van der Waals surface area contributed by atoms with Gasteiger partial charge in [-0.2, -0.15) is 0 Å². The standard InChI is InChI=1S/C10H20O.C10H22O.2C9H18O.C8H16O.C8H16.C6H12F2/c1-10(2,3)6-7-11-8-9-4-5-9;1-10(2,3)8-6-5-7-9-11-4;1-9(2,3)8-4-6-10-7-5-8;1-9(2,3)7-8-5-4-6-10-8;1-8(2,3)7-4-5-9-6-7;1-8(2,3)6-7-4-5-7;1-6(2,3)4-5(7)8/h9H,4-8H2,1-3H3;5-9H2,1-4H3;2*8H,4-7H2,1-3H3;7H,4-6H2,1-3H3;7H,4-6H2,1-3H3;5H,4H2,1-3H3. The maximum absolute atomic E-state index is 11.5. The van der Waals surface area contributed by atoms with Crippen LogP contribution in [0.2, 0.25) is 0 Å². The molecule has 0 spiro atoms. The lowest BCUT2D eigenvalue weighted by Gasteiger charge is -2.33. The van der Waals surface area contributed by atoms with Crippen LogP contribution in [0.3, 0.4) is 0 Å². The van der Waals surface area contributed by atoms with Gasteiger partial charge in [-0.1, -0.05) is 171 Å². The van der Waals surface area contributed by atoms with Crippen molar-refractivity contribution in [2.24, 2.45) is 61.6 Å². The van der Waals surface area contributed by atoms with Crippen LogP contribution in [0, 0.1) is 61.6 Å². The van der Waals surface area contributed by atoms with Gasteiger partial charge in [0.2, 0.25) is 6.43 Å². The number of halogens is 2. The molecule has 5 nitrogen and oxygen atoms in total. The second kappa shape index (κ2) is 34.1. The third-order valence-corrected chi connectivity index (χ3v) is 12.7.